The lowest BCUT2D eigenvalue weighted by atomic mass is 10.3. The van der Waals surface area contributed by atoms with Crippen LogP contribution in [0.25, 0.3) is 0 Å². The first-order valence-corrected chi connectivity index (χ1v) is 6.19. The monoisotopic (exact) mass is 295 g/mol. The number of carbonyl (C=O) groups is 1. The number of urea groups is 1. The molecule has 0 fully saturated rings. The molecular weight excluding hydrogens is 285 g/mol. The molecule has 0 heterocycles. The van der Waals surface area contributed by atoms with E-state index >= 15 is 0 Å². The maximum atomic E-state index is 11.8. The zero-order valence-electron chi connectivity index (χ0n) is 9.78. The summed E-state index contributed by atoms with van der Waals surface area (Å²) < 4.78 is 0. The number of nitrogen functional groups attached to an aromatic ring is 1. The van der Waals surface area contributed by atoms with Crippen molar-refractivity contribution in [2.45, 2.75) is 0 Å². The normalized spacial score (nSPS) is 10.0. The van der Waals surface area contributed by atoms with E-state index in [0.717, 1.165) is 0 Å². The Kier molecular flexibility index (Phi) is 4.14. The van der Waals surface area contributed by atoms with Crippen molar-refractivity contribution in [3.63, 3.8) is 0 Å². The molecule has 0 saturated heterocycles. The van der Waals surface area contributed by atoms with Gasteiger partial charge < -0.3 is 16.4 Å². The zero-order chi connectivity index (χ0) is 13.8. The van der Waals surface area contributed by atoms with Gasteiger partial charge in [0.05, 0.1) is 15.7 Å². The summed E-state index contributed by atoms with van der Waals surface area (Å²) in [5, 5.41) is 5.82. The quantitative estimate of drug-likeness (QED) is 0.726. The number of nitrogens with one attached hydrogen (secondary N) is 2. The van der Waals surface area contributed by atoms with Crippen molar-refractivity contribution in [3.05, 3.63) is 52.5 Å². The number of benzene rings is 2. The van der Waals surface area contributed by atoms with Gasteiger partial charge in [-0.1, -0.05) is 41.4 Å². The van der Waals surface area contributed by atoms with E-state index in [1.165, 1.54) is 12.1 Å². The van der Waals surface area contributed by atoms with Crippen LogP contribution in [0.2, 0.25) is 10.0 Å². The van der Waals surface area contributed by atoms with Gasteiger partial charge in [-0.2, -0.15) is 0 Å². The van der Waals surface area contributed by atoms with Crippen LogP contribution < -0.4 is 16.4 Å². The standard InChI is InChI=1S/C13H11Cl2N3O/c14-10-6-8(16)7-11(15)12(10)18-13(19)17-9-4-2-1-3-5-9/h1-7H,16H2,(H2,17,18,19). The third-order valence-electron chi connectivity index (χ3n) is 2.33. The highest BCUT2D eigenvalue weighted by molar-refractivity contribution is 6.40. The van der Waals surface area contributed by atoms with Gasteiger partial charge in [0.2, 0.25) is 0 Å². The molecule has 4 N–H and O–H groups in total. The molecule has 0 unspecified atom stereocenters. The molecular formula is C13H11Cl2N3O. The molecule has 2 aromatic rings. The van der Waals surface area contributed by atoms with Crippen LogP contribution >= 0.6 is 23.2 Å². The van der Waals surface area contributed by atoms with E-state index in [1.807, 2.05) is 18.2 Å². The summed E-state index contributed by atoms with van der Waals surface area (Å²) in [6, 6.07) is 11.6. The number of carbonyl (C=O) groups excluding carboxylic acids is 1. The summed E-state index contributed by atoms with van der Waals surface area (Å²) in [6.45, 7) is 0. The first-order valence-electron chi connectivity index (χ1n) is 5.44. The zero-order valence-corrected chi connectivity index (χ0v) is 11.3. The Morgan fingerprint density at radius 3 is 2.16 bits per heavy atom. The molecule has 0 radical (unpaired) electrons. The Balaban J connectivity index is 2.12. The molecule has 98 valence electrons. The van der Waals surface area contributed by atoms with Crippen LogP contribution in [0.3, 0.4) is 0 Å². The molecule has 0 atom stereocenters. The van der Waals surface area contributed by atoms with Crippen LogP contribution in [0.4, 0.5) is 21.9 Å². The third kappa shape index (κ3) is 3.53. The van der Waals surface area contributed by atoms with Crippen LogP contribution in [0.1, 0.15) is 0 Å². The highest BCUT2D eigenvalue weighted by Gasteiger charge is 2.10. The van der Waals surface area contributed by atoms with E-state index < -0.39 is 6.03 Å². The van der Waals surface area contributed by atoms with Gasteiger partial charge in [-0.3, -0.25) is 0 Å². The predicted molar refractivity (Wildman–Crippen MR) is 80.0 cm³/mol. The fraction of sp³-hybridized carbons (Fsp3) is 0. The topological polar surface area (TPSA) is 67.1 Å². The number of anilines is 3. The van der Waals surface area contributed by atoms with Gasteiger partial charge in [-0.15, -0.1) is 0 Å². The summed E-state index contributed by atoms with van der Waals surface area (Å²) in [5.74, 6) is 0. The van der Waals surface area contributed by atoms with E-state index in [2.05, 4.69) is 10.6 Å². The first-order chi connectivity index (χ1) is 9.06. The second-order valence-corrected chi connectivity index (χ2v) is 4.62. The highest BCUT2D eigenvalue weighted by Crippen LogP contribution is 2.32. The molecule has 0 saturated carbocycles. The van der Waals surface area contributed by atoms with Crippen molar-refractivity contribution in [2.24, 2.45) is 0 Å². The molecule has 2 rings (SSSR count). The molecule has 0 bridgehead atoms. The minimum atomic E-state index is -0.431. The highest BCUT2D eigenvalue weighted by atomic mass is 35.5. The number of hydrogen-bond donors (Lipinski definition) is 3. The Bertz CT molecular complexity index is 579. The Morgan fingerprint density at radius 1 is 1.00 bits per heavy atom. The molecule has 0 aromatic heterocycles. The van der Waals surface area contributed by atoms with Crippen LogP contribution in [0, 0.1) is 0 Å². The second-order valence-electron chi connectivity index (χ2n) is 3.80. The number of nitrogens with two attached hydrogens (primary N) is 1. The van der Waals surface area contributed by atoms with Gasteiger partial charge in [0.15, 0.2) is 0 Å². The average molecular weight is 296 g/mol. The Labute approximate surface area is 120 Å². The van der Waals surface area contributed by atoms with Crippen LogP contribution in [-0.4, -0.2) is 6.03 Å². The average Bonchev–Trinajstić information content (AvgIpc) is 2.35. The fourth-order valence-corrected chi connectivity index (χ4v) is 2.11. The van der Waals surface area contributed by atoms with E-state index in [9.17, 15) is 4.79 Å². The fourth-order valence-electron chi connectivity index (χ4n) is 1.51. The van der Waals surface area contributed by atoms with E-state index in [0.29, 0.717) is 17.1 Å². The van der Waals surface area contributed by atoms with Gasteiger partial charge in [0.1, 0.15) is 0 Å². The van der Waals surface area contributed by atoms with Crippen molar-refractivity contribution in [1.29, 1.82) is 0 Å². The van der Waals surface area contributed by atoms with Crippen molar-refractivity contribution < 1.29 is 4.79 Å². The number of halogens is 2. The SMILES string of the molecule is Nc1cc(Cl)c(NC(=O)Nc2ccccc2)c(Cl)c1. The minimum absolute atomic E-state index is 0.285. The van der Waals surface area contributed by atoms with Gasteiger partial charge >= 0.3 is 6.03 Å². The summed E-state index contributed by atoms with van der Waals surface area (Å²) >= 11 is 11.9. The Hall–Kier alpha value is -1.91. The van der Waals surface area contributed by atoms with Gasteiger partial charge in [0.25, 0.3) is 0 Å². The molecule has 0 aliphatic carbocycles. The van der Waals surface area contributed by atoms with Crippen LogP contribution in [-0.2, 0) is 0 Å². The molecule has 2 amide bonds. The van der Waals surface area contributed by atoms with Crippen molar-refractivity contribution >= 4 is 46.3 Å². The summed E-state index contributed by atoms with van der Waals surface area (Å²) in [5.41, 5.74) is 7.01. The maximum absolute atomic E-state index is 11.8. The third-order valence-corrected chi connectivity index (χ3v) is 2.93. The van der Waals surface area contributed by atoms with Gasteiger partial charge in [-0.25, -0.2) is 4.79 Å². The first kappa shape index (κ1) is 13.5. The molecule has 19 heavy (non-hydrogen) atoms. The van der Waals surface area contributed by atoms with Gasteiger partial charge in [-0.05, 0) is 24.3 Å². The Morgan fingerprint density at radius 2 is 1.58 bits per heavy atom. The maximum Gasteiger partial charge on any atom is 0.323 e. The smallest absolute Gasteiger partial charge is 0.323 e. The lowest BCUT2D eigenvalue weighted by Gasteiger charge is -2.11. The lowest BCUT2D eigenvalue weighted by Crippen LogP contribution is -2.19. The minimum Gasteiger partial charge on any atom is -0.399 e. The van der Waals surface area contributed by atoms with Crippen molar-refractivity contribution in [1.82, 2.24) is 0 Å². The molecule has 0 aliphatic heterocycles. The molecule has 2 aromatic carbocycles. The molecule has 0 aliphatic rings. The summed E-state index contributed by atoms with van der Waals surface area (Å²) in [6.07, 6.45) is 0. The molecule has 0 spiro atoms. The van der Waals surface area contributed by atoms with E-state index in [1.54, 1.807) is 12.1 Å². The predicted octanol–water partition coefficient (Wildman–Crippen LogP) is 4.22. The van der Waals surface area contributed by atoms with E-state index in [4.69, 9.17) is 28.9 Å². The summed E-state index contributed by atoms with van der Waals surface area (Å²) in [4.78, 5) is 11.8. The number of amides is 2. The van der Waals surface area contributed by atoms with Crippen LogP contribution in [0.5, 0.6) is 0 Å². The number of hydrogen-bond acceptors (Lipinski definition) is 2. The van der Waals surface area contributed by atoms with Gasteiger partial charge in [0, 0.05) is 11.4 Å². The molecule has 4 nitrogen and oxygen atoms in total. The van der Waals surface area contributed by atoms with Crippen molar-refractivity contribution in [2.75, 3.05) is 16.4 Å². The number of rotatable bonds is 2. The summed E-state index contributed by atoms with van der Waals surface area (Å²) in [7, 11) is 0. The van der Waals surface area contributed by atoms with Crippen LogP contribution in [0.15, 0.2) is 42.5 Å². The van der Waals surface area contributed by atoms with Crippen molar-refractivity contribution in [3.8, 4) is 0 Å². The number of para-hydroxylation sites is 1. The molecule has 6 heteroatoms. The lowest BCUT2D eigenvalue weighted by molar-refractivity contribution is 0.262. The second kappa shape index (κ2) is 5.82. The largest absolute Gasteiger partial charge is 0.399 e. The van der Waals surface area contributed by atoms with E-state index in [-0.39, 0.29) is 10.0 Å².